The Hall–Kier alpha value is -1.36. The van der Waals surface area contributed by atoms with Crippen molar-refractivity contribution in [2.75, 3.05) is 43.6 Å². The molecule has 17 heavy (non-hydrogen) atoms. The SMILES string of the molecule is CN(C)c1ccc(N2CCC(CO)CC2)nn1. The third-order valence-electron chi connectivity index (χ3n) is 3.29. The minimum absolute atomic E-state index is 0.305. The Morgan fingerprint density at radius 3 is 2.47 bits per heavy atom. The van der Waals surface area contributed by atoms with Crippen LogP contribution in [0.1, 0.15) is 12.8 Å². The Bertz CT molecular complexity index is 344. The van der Waals surface area contributed by atoms with Crippen LogP contribution in [0.15, 0.2) is 12.1 Å². The average Bonchev–Trinajstić information content (AvgIpc) is 2.39. The molecule has 0 radical (unpaired) electrons. The van der Waals surface area contributed by atoms with E-state index in [1.807, 2.05) is 31.1 Å². The first kappa shape index (κ1) is 12.1. The molecule has 0 aliphatic carbocycles. The number of aliphatic hydroxyl groups is 1. The van der Waals surface area contributed by atoms with Gasteiger partial charge in [-0.1, -0.05) is 0 Å². The standard InChI is InChI=1S/C12H20N4O/c1-15(2)11-3-4-12(14-13-11)16-7-5-10(9-17)6-8-16/h3-4,10,17H,5-9H2,1-2H3. The fourth-order valence-corrected chi connectivity index (χ4v) is 2.07. The molecule has 0 bridgehead atoms. The Kier molecular flexibility index (Phi) is 3.78. The van der Waals surface area contributed by atoms with E-state index in [-0.39, 0.29) is 0 Å². The van der Waals surface area contributed by atoms with Crippen molar-refractivity contribution in [3.63, 3.8) is 0 Å². The summed E-state index contributed by atoms with van der Waals surface area (Å²) in [6.45, 7) is 2.22. The Morgan fingerprint density at radius 2 is 2.00 bits per heavy atom. The predicted molar refractivity (Wildman–Crippen MR) is 68.4 cm³/mol. The van der Waals surface area contributed by atoms with E-state index < -0.39 is 0 Å². The molecule has 1 aliphatic heterocycles. The van der Waals surface area contributed by atoms with E-state index >= 15 is 0 Å². The van der Waals surface area contributed by atoms with Crippen LogP contribution in [-0.2, 0) is 0 Å². The zero-order valence-corrected chi connectivity index (χ0v) is 10.5. The summed E-state index contributed by atoms with van der Waals surface area (Å²) >= 11 is 0. The molecule has 1 N–H and O–H groups in total. The molecule has 0 spiro atoms. The van der Waals surface area contributed by atoms with Gasteiger partial charge >= 0.3 is 0 Å². The van der Waals surface area contributed by atoms with Gasteiger partial charge in [-0.2, -0.15) is 0 Å². The number of aliphatic hydroxyl groups excluding tert-OH is 1. The molecular weight excluding hydrogens is 216 g/mol. The van der Waals surface area contributed by atoms with Crippen molar-refractivity contribution in [2.45, 2.75) is 12.8 Å². The summed E-state index contributed by atoms with van der Waals surface area (Å²) in [5, 5.41) is 17.5. The molecule has 2 heterocycles. The summed E-state index contributed by atoms with van der Waals surface area (Å²) in [5.41, 5.74) is 0. The van der Waals surface area contributed by atoms with Gasteiger partial charge in [0.05, 0.1) is 0 Å². The van der Waals surface area contributed by atoms with E-state index in [0.29, 0.717) is 12.5 Å². The summed E-state index contributed by atoms with van der Waals surface area (Å²) < 4.78 is 0. The first-order valence-electron chi connectivity index (χ1n) is 6.07. The first-order valence-corrected chi connectivity index (χ1v) is 6.07. The normalized spacial score (nSPS) is 17.2. The molecule has 0 saturated carbocycles. The second kappa shape index (κ2) is 5.31. The zero-order chi connectivity index (χ0) is 12.3. The maximum Gasteiger partial charge on any atom is 0.151 e. The van der Waals surface area contributed by atoms with Crippen LogP contribution in [-0.4, -0.2) is 49.1 Å². The zero-order valence-electron chi connectivity index (χ0n) is 10.5. The van der Waals surface area contributed by atoms with Crippen molar-refractivity contribution in [2.24, 2.45) is 5.92 Å². The summed E-state index contributed by atoms with van der Waals surface area (Å²) in [6, 6.07) is 4.00. The van der Waals surface area contributed by atoms with E-state index in [1.54, 1.807) is 0 Å². The minimum Gasteiger partial charge on any atom is -0.396 e. The van der Waals surface area contributed by atoms with Crippen molar-refractivity contribution in [3.05, 3.63) is 12.1 Å². The maximum absolute atomic E-state index is 9.09. The molecule has 5 heteroatoms. The number of nitrogens with zero attached hydrogens (tertiary/aromatic N) is 4. The molecule has 1 fully saturated rings. The highest BCUT2D eigenvalue weighted by Crippen LogP contribution is 2.21. The van der Waals surface area contributed by atoms with Gasteiger partial charge < -0.3 is 14.9 Å². The van der Waals surface area contributed by atoms with Crippen molar-refractivity contribution in [3.8, 4) is 0 Å². The van der Waals surface area contributed by atoms with Crippen LogP contribution >= 0.6 is 0 Å². The minimum atomic E-state index is 0.305. The second-order valence-electron chi connectivity index (χ2n) is 4.76. The lowest BCUT2D eigenvalue weighted by Gasteiger charge is -2.31. The van der Waals surface area contributed by atoms with Crippen LogP contribution < -0.4 is 9.80 Å². The van der Waals surface area contributed by atoms with Gasteiger partial charge in [-0.05, 0) is 30.9 Å². The molecule has 5 nitrogen and oxygen atoms in total. The van der Waals surface area contributed by atoms with Crippen molar-refractivity contribution in [1.29, 1.82) is 0 Å². The molecule has 1 aromatic heterocycles. The number of anilines is 2. The van der Waals surface area contributed by atoms with Gasteiger partial charge in [0, 0.05) is 33.8 Å². The number of hydrogen-bond acceptors (Lipinski definition) is 5. The molecule has 0 atom stereocenters. The quantitative estimate of drug-likeness (QED) is 0.839. The van der Waals surface area contributed by atoms with Gasteiger partial charge in [-0.15, -0.1) is 10.2 Å². The fraction of sp³-hybridized carbons (Fsp3) is 0.667. The van der Waals surface area contributed by atoms with Crippen molar-refractivity contribution >= 4 is 11.6 Å². The smallest absolute Gasteiger partial charge is 0.151 e. The van der Waals surface area contributed by atoms with E-state index in [2.05, 4.69) is 15.1 Å². The molecule has 1 saturated heterocycles. The molecular formula is C12H20N4O. The lowest BCUT2D eigenvalue weighted by atomic mass is 9.98. The van der Waals surface area contributed by atoms with Crippen LogP contribution in [0.4, 0.5) is 11.6 Å². The Balaban J connectivity index is 1.99. The lowest BCUT2D eigenvalue weighted by molar-refractivity contribution is 0.202. The number of rotatable bonds is 3. The Morgan fingerprint density at radius 1 is 1.29 bits per heavy atom. The number of hydrogen-bond donors (Lipinski definition) is 1. The summed E-state index contributed by atoms with van der Waals surface area (Å²) in [7, 11) is 3.91. The molecule has 0 amide bonds. The van der Waals surface area contributed by atoms with Gasteiger partial charge in [-0.25, -0.2) is 0 Å². The van der Waals surface area contributed by atoms with Gasteiger partial charge in [0.15, 0.2) is 11.6 Å². The molecule has 1 aliphatic rings. The van der Waals surface area contributed by atoms with Gasteiger partial charge in [0.25, 0.3) is 0 Å². The van der Waals surface area contributed by atoms with Crippen LogP contribution in [0, 0.1) is 5.92 Å². The summed E-state index contributed by atoms with van der Waals surface area (Å²) in [6.07, 6.45) is 2.07. The van der Waals surface area contributed by atoms with Gasteiger partial charge in [0.2, 0.25) is 0 Å². The van der Waals surface area contributed by atoms with Crippen LogP contribution in [0.3, 0.4) is 0 Å². The fourth-order valence-electron chi connectivity index (χ4n) is 2.07. The maximum atomic E-state index is 9.09. The lowest BCUT2D eigenvalue weighted by Crippen LogP contribution is -2.35. The molecule has 0 unspecified atom stereocenters. The van der Waals surface area contributed by atoms with E-state index in [4.69, 9.17) is 5.11 Å². The second-order valence-corrected chi connectivity index (χ2v) is 4.76. The predicted octanol–water partition coefficient (Wildman–Crippen LogP) is 0.751. The highest BCUT2D eigenvalue weighted by atomic mass is 16.3. The highest BCUT2D eigenvalue weighted by molar-refractivity contribution is 5.44. The van der Waals surface area contributed by atoms with Gasteiger partial charge in [0.1, 0.15) is 0 Å². The van der Waals surface area contributed by atoms with Crippen LogP contribution in [0.2, 0.25) is 0 Å². The molecule has 1 aromatic rings. The topological polar surface area (TPSA) is 52.5 Å². The molecule has 2 rings (SSSR count). The average molecular weight is 236 g/mol. The number of aromatic nitrogens is 2. The van der Waals surface area contributed by atoms with E-state index in [9.17, 15) is 0 Å². The van der Waals surface area contributed by atoms with Crippen LogP contribution in [0.25, 0.3) is 0 Å². The van der Waals surface area contributed by atoms with E-state index in [0.717, 1.165) is 37.6 Å². The van der Waals surface area contributed by atoms with Gasteiger partial charge in [-0.3, -0.25) is 0 Å². The largest absolute Gasteiger partial charge is 0.396 e. The first-order chi connectivity index (χ1) is 8.20. The molecule has 94 valence electrons. The van der Waals surface area contributed by atoms with Crippen LogP contribution in [0.5, 0.6) is 0 Å². The summed E-state index contributed by atoms with van der Waals surface area (Å²) in [4.78, 5) is 4.17. The summed E-state index contributed by atoms with van der Waals surface area (Å²) in [5.74, 6) is 2.27. The molecule has 0 aromatic carbocycles. The van der Waals surface area contributed by atoms with Crippen molar-refractivity contribution in [1.82, 2.24) is 10.2 Å². The van der Waals surface area contributed by atoms with E-state index in [1.165, 1.54) is 0 Å². The highest BCUT2D eigenvalue weighted by Gasteiger charge is 2.19. The third kappa shape index (κ3) is 2.85. The third-order valence-corrected chi connectivity index (χ3v) is 3.29. The number of piperidine rings is 1. The van der Waals surface area contributed by atoms with Crippen molar-refractivity contribution < 1.29 is 5.11 Å². The monoisotopic (exact) mass is 236 g/mol. The Labute approximate surface area is 102 Å².